The molecule has 32 heavy (non-hydrogen) atoms. The number of aromatic nitrogens is 3. The van der Waals surface area contributed by atoms with Crippen LogP contribution in [0.4, 0.5) is 5.69 Å². The van der Waals surface area contributed by atoms with Crippen molar-refractivity contribution in [2.75, 3.05) is 13.1 Å². The third-order valence-corrected chi connectivity index (χ3v) is 6.60. The molecule has 1 saturated heterocycles. The third-order valence-electron chi connectivity index (χ3n) is 6.60. The highest BCUT2D eigenvalue weighted by atomic mass is 16.6. The number of fused-ring (bicyclic) bond motifs is 1. The largest absolute Gasteiger partial charge is 0.343 e. The predicted octanol–water partition coefficient (Wildman–Crippen LogP) is 4.25. The number of aryl methyl sites for hydroxylation is 1. The van der Waals surface area contributed by atoms with E-state index >= 15 is 0 Å². The first-order valence-corrected chi connectivity index (χ1v) is 11.0. The number of rotatable bonds is 6. The Kier molecular flexibility index (Phi) is 5.95. The standard InChI is InChI=1S/C24H29N5O3/c1-17-26-21-15-25-11-8-22(21)28(17)16-18-9-12-27(13-10-18)23(30)14-24(2,3)19-4-6-20(7-5-19)29(31)32/h4-8,11,15,18H,9-10,12-14,16H2,1-3H3. The first kappa shape index (κ1) is 21.9. The number of carbonyl (C=O) groups is 1. The maximum atomic E-state index is 13.0. The molecule has 0 saturated carbocycles. The molecule has 3 heterocycles. The van der Waals surface area contributed by atoms with Crippen molar-refractivity contribution in [2.24, 2.45) is 5.92 Å². The zero-order valence-corrected chi connectivity index (χ0v) is 18.8. The van der Waals surface area contributed by atoms with Gasteiger partial charge in [0, 0.05) is 44.4 Å². The lowest BCUT2D eigenvalue weighted by atomic mass is 9.81. The Morgan fingerprint density at radius 3 is 2.53 bits per heavy atom. The van der Waals surface area contributed by atoms with Crippen LogP contribution in [0.5, 0.6) is 0 Å². The maximum Gasteiger partial charge on any atom is 0.269 e. The fourth-order valence-electron chi connectivity index (χ4n) is 4.58. The molecule has 168 valence electrons. The summed E-state index contributed by atoms with van der Waals surface area (Å²) in [5.74, 6) is 1.64. The van der Waals surface area contributed by atoms with Crippen molar-refractivity contribution in [3.63, 3.8) is 0 Å². The van der Waals surface area contributed by atoms with Crippen molar-refractivity contribution in [2.45, 2.75) is 52.0 Å². The maximum absolute atomic E-state index is 13.0. The first-order chi connectivity index (χ1) is 15.2. The van der Waals surface area contributed by atoms with Crippen molar-refractivity contribution >= 4 is 22.6 Å². The zero-order valence-electron chi connectivity index (χ0n) is 18.8. The van der Waals surface area contributed by atoms with Crippen LogP contribution in [0, 0.1) is 23.0 Å². The van der Waals surface area contributed by atoms with Crippen LogP contribution >= 0.6 is 0 Å². The molecule has 8 heteroatoms. The van der Waals surface area contributed by atoms with Crippen LogP contribution in [0.25, 0.3) is 11.0 Å². The van der Waals surface area contributed by atoms with Gasteiger partial charge in [-0.25, -0.2) is 4.98 Å². The third kappa shape index (κ3) is 4.49. The topological polar surface area (TPSA) is 94.2 Å². The molecular weight excluding hydrogens is 406 g/mol. The summed E-state index contributed by atoms with van der Waals surface area (Å²) < 4.78 is 2.26. The Morgan fingerprint density at radius 1 is 1.19 bits per heavy atom. The van der Waals surface area contributed by atoms with Gasteiger partial charge < -0.3 is 9.47 Å². The predicted molar refractivity (Wildman–Crippen MR) is 122 cm³/mol. The number of amides is 1. The van der Waals surface area contributed by atoms with E-state index in [1.165, 1.54) is 12.1 Å². The van der Waals surface area contributed by atoms with Crippen LogP contribution in [0.2, 0.25) is 0 Å². The number of likely N-dealkylation sites (tertiary alicyclic amines) is 1. The van der Waals surface area contributed by atoms with Crippen molar-refractivity contribution in [1.29, 1.82) is 0 Å². The van der Waals surface area contributed by atoms with E-state index in [1.54, 1.807) is 24.5 Å². The van der Waals surface area contributed by atoms with Crippen LogP contribution in [-0.2, 0) is 16.8 Å². The van der Waals surface area contributed by atoms with E-state index in [2.05, 4.69) is 14.5 Å². The summed E-state index contributed by atoms with van der Waals surface area (Å²) >= 11 is 0. The molecule has 0 bridgehead atoms. The minimum absolute atomic E-state index is 0.0649. The molecular formula is C24H29N5O3. The summed E-state index contributed by atoms with van der Waals surface area (Å²) in [4.78, 5) is 34.2. The molecule has 0 N–H and O–H groups in total. The second kappa shape index (κ2) is 8.68. The monoisotopic (exact) mass is 435 g/mol. The van der Waals surface area contributed by atoms with Crippen LogP contribution < -0.4 is 0 Å². The van der Waals surface area contributed by atoms with Crippen molar-refractivity contribution in [1.82, 2.24) is 19.4 Å². The Bertz CT molecular complexity index is 1130. The summed E-state index contributed by atoms with van der Waals surface area (Å²) in [7, 11) is 0. The molecule has 2 aromatic heterocycles. The van der Waals surface area contributed by atoms with E-state index in [0.29, 0.717) is 12.3 Å². The number of nitrogens with zero attached hydrogens (tertiary/aromatic N) is 5. The highest BCUT2D eigenvalue weighted by Crippen LogP contribution is 2.30. The van der Waals surface area contributed by atoms with Crippen molar-refractivity contribution < 1.29 is 9.72 Å². The van der Waals surface area contributed by atoms with Gasteiger partial charge in [-0.1, -0.05) is 26.0 Å². The Balaban J connectivity index is 1.35. The number of nitro groups is 1. The van der Waals surface area contributed by atoms with Gasteiger partial charge in [0.1, 0.15) is 11.3 Å². The van der Waals surface area contributed by atoms with E-state index in [0.717, 1.165) is 54.9 Å². The smallest absolute Gasteiger partial charge is 0.269 e. The summed E-state index contributed by atoms with van der Waals surface area (Å²) in [6, 6.07) is 8.53. The van der Waals surface area contributed by atoms with Crippen LogP contribution in [0.1, 0.15) is 44.5 Å². The Hall–Kier alpha value is -3.29. The van der Waals surface area contributed by atoms with Crippen molar-refractivity contribution in [3.8, 4) is 0 Å². The minimum Gasteiger partial charge on any atom is -0.343 e. The van der Waals surface area contributed by atoms with Gasteiger partial charge in [-0.05, 0) is 42.7 Å². The minimum atomic E-state index is -0.406. The number of non-ortho nitro benzene ring substituents is 1. The van der Waals surface area contributed by atoms with E-state index in [-0.39, 0.29) is 17.0 Å². The van der Waals surface area contributed by atoms with Gasteiger partial charge in [-0.3, -0.25) is 19.9 Å². The Morgan fingerprint density at radius 2 is 1.88 bits per heavy atom. The number of hydrogen-bond donors (Lipinski definition) is 0. The number of imidazole rings is 1. The van der Waals surface area contributed by atoms with Gasteiger partial charge in [-0.15, -0.1) is 0 Å². The van der Waals surface area contributed by atoms with Crippen molar-refractivity contribution in [3.05, 3.63) is 64.2 Å². The number of nitro benzene ring substituents is 1. The fourth-order valence-corrected chi connectivity index (χ4v) is 4.58. The van der Waals surface area contributed by atoms with E-state index in [9.17, 15) is 14.9 Å². The van der Waals surface area contributed by atoms with Gasteiger partial charge in [0.15, 0.2) is 0 Å². The van der Waals surface area contributed by atoms with Gasteiger partial charge >= 0.3 is 0 Å². The van der Waals surface area contributed by atoms with Gasteiger partial charge in [0.25, 0.3) is 5.69 Å². The molecule has 0 aliphatic carbocycles. The molecule has 1 aromatic carbocycles. The fraction of sp³-hybridized carbons (Fsp3) is 0.458. The lowest BCUT2D eigenvalue weighted by molar-refractivity contribution is -0.384. The SMILES string of the molecule is Cc1nc2cnccc2n1CC1CCN(C(=O)CC(C)(C)c2ccc([N+](=O)[O-])cc2)CC1. The second-order valence-electron chi connectivity index (χ2n) is 9.32. The summed E-state index contributed by atoms with van der Waals surface area (Å²) in [5.41, 5.74) is 2.65. The molecule has 0 atom stereocenters. The molecule has 8 nitrogen and oxygen atoms in total. The molecule has 1 fully saturated rings. The van der Waals surface area contributed by atoms with E-state index in [4.69, 9.17) is 0 Å². The number of hydrogen-bond acceptors (Lipinski definition) is 5. The second-order valence-corrected chi connectivity index (χ2v) is 9.32. The number of piperidine rings is 1. The quantitative estimate of drug-likeness (QED) is 0.426. The number of carbonyl (C=O) groups excluding carboxylic acids is 1. The lowest BCUT2D eigenvalue weighted by Crippen LogP contribution is -2.41. The average molecular weight is 436 g/mol. The summed E-state index contributed by atoms with van der Waals surface area (Å²) in [6.45, 7) is 8.48. The highest BCUT2D eigenvalue weighted by molar-refractivity contribution is 5.78. The van der Waals surface area contributed by atoms with E-state index in [1.807, 2.05) is 31.7 Å². The number of pyridine rings is 1. The Labute approximate surface area is 187 Å². The van der Waals surface area contributed by atoms with E-state index < -0.39 is 4.92 Å². The molecule has 0 spiro atoms. The van der Waals surface area contributed by atoms with Gasteiger partial charge in [0.2, 0.25) is 5.91 Å². The van der Waals surface area contributed by atoms with Crippen LogP contribution in [-0.4, -0.2) is 43.4 Å². The van der Waals surface area contributed by atoms with Crippen LogP contribution in [0.15, 0.2) is 42.7 Å². The normalized spacial score (nSPS) is 15.3. The highest BCUT2D eigenvalue weighted by Gasteiger charge is 2.30. The van der Waals surface area contributed by atoms with Gasteiger partial charge in [0.05, 0.1) is 16.6 Å². The summed E-state index contributed by atoms with van der Waals surface area (Å²) in [5, 5.41) is 10.9. The molecule has 0 unspecified atom stereocenters. The van der Waals surface area contributed by atoms with Gasteiger partial charge in [-0.2, -0.15) is 0 Å². The molecule has 1 amide bonds. The number of benzene rings is 1. The molecule has 1 aliphatic heterocycles. The summed E-state index contributed by atoms with van der Waals surface area (Å²) in [6.07, 6.45) is 5.91. The van der Waals surface area contributed by atoms with Crippen LogP contribution in [0.3, 0.4) is 0 Å². The molecule has 3 aromatic rings. The molecule has 1 aliphatic rings. The first-order valence-electron chi connectivity index (χ1n) is 11.0. The molecule has 4 rings (SSSR count). The average Bonchev–Trinajstić information content (AvgIpc) is 3.09. The lowest BCUT2D eigenvalue weighted by Gasteiger charge is -2.35. The molecule has 0 radical (unpaired) electrons. The zero-order chi connectivity index (χ0) is 22.9.